The molecule has 8 heterocycles. The van der Waals surface area contributed by atoms with Gasteiger partial charge in [-0.15, -0.1) is 0 Å². The Morgan fingerprint density at radius 1 is 0.484 bits per heavy atom. The fourth-order valence-electron chi connectivity index (χ4n) is 15.2. The van der Waals surface area contributed by atoms with Crippen LogP contribution in [0, 0.1) is 48.9 Å². The Morgan fingerprint density at radius 3 is 1.38 bits per heavy atom. The van der Waals surface area contributed by atoms with E-state index in [0.717, 1.165) is 187 Å². The van der Waals surface area contributed by atoms with E-state index in [1.165, 1.54) is 69.2 Å². The first-order valence-corrected chi connectivity index (χ1v) is 41.9. The van der Waals surface area contributed by atoms with Crippen LogP contribution < -0.4 is 30.2 Å². The average molecular weight is 1830 g/mol. The van der Waals surface area contributed by atoms with Crippen LogP contribution in [0.25, 0.3) is 0 Å². The van der Waals surface area contributed by atoms with Gasteiger partial charge in [-0.25, -0.2) is 28.8 Å². The second-order valence-electron chi connectivity index (χ2n) is 29.5. The zero-order valence-corrected chi connectivity index (χ0v) is 72.5. The van der Waals surface area contributed by atoms with Gasteiger partial charge < -0.3 is 64.1 Å². The van der Waals surface area contributed by atoms with E-state index in [2.05, 4.69) is 74.5 Å². The zero-order chi connectivity index (χ0) is 92.0. The fourth-order valence-corrected chi connectivity index (χ4v) is 15.7. The summed E-state index contributed by atoms with van der Waals surface area (Å²) in [6, 6.07) is 32.4. The topological polar surface area (TPSA) is 444 Å². The fraction of sp³-hybridized carbons (Fsp3) is 0.398. The smallest absolute Gasteiger partial charge is 0.338 e. The van der Waals surface area contributed by atoms with Crippen molar-refractivity contribution in [1.29, 1.82) is 0 Å². The van der Waals surface area contributed by atoms with Crippen molar-refractivity contribution in [3.8, 4) is 0 Å². The lowest BCUT2D eigenvalue weighted by atomic mass is 9.88. The number of carbonyl (C=O) groups excluding carboxylic acids is 9. The maximum absolute atomic E-state index is 12.8. The number of benzene rings is 7. The summed E-state index contributed by atoms with van der Waals surface area (Å²) in [6.45, 7) is 10.2. The SMILES string of the molecule is COC(=O)C1CCCCN1.COC(=O)c1ccc(F)c([N+](=O)[O-])c1.COC(=O)c1ccc(N2CCCCC2C(=O)OC)c([N+](=O)[O-])c1.COC(=O)c1ccc2c(c1)CC(=O)C1CCCCN21.Cc1ccc(Cl)cc1N1CCNCC1.O=C(O)c1ccc(F)c([N+](=O)[O-])c1.O=C(O)c1ccc2c(c1)CC(=O)C1CCCCN21.O=C1c2ccccc2C(=O)N1CCCBr. The third kappa shape index (κ3) is 26.2. The molecule has 38 heteroatoms. The Balaban J connectivity index is 0.000000180. The van der Waals surface area contributed by atoms with Gasteiger partial charge in [0.25, 0.3) is 17.5 Å². The zero-order valence-electron chi connectivity index (χ0n) is 70.2. The highest BCUT2D eigenvalue weighted by atomic mass is 79.9. The number of hydrogen-bond acceptors (Lipinski definition) is 28. The standard InChI is InChI=1S/C15H18N2O6.C15H17NO3.C14H15NO3.C11H10BrNO2.C11H15ClN2.C8H6FNO4.C7H4FNO4.C7H13NO2/c1-22-14(18)10-6-7-11(13(9-10)17(20)21)16-8-4-3-5-12(16)15(19)23-2;1-19-15(18)10-5-6-12-11(8-10)9-14(17)13-4-2-3-7-16(12)13;16-13-8-10-7-9(14(17)18)4-5-11(10)15-6-2-1-3-12(13)15;12-6-3-7-13-10(14)8-4-1-2-5-9(8)11(13)15;1-9-2-3-10(12)8-11(9)14-6-4-13-5-7-14;1-14-8(11)5-2-3-6(9)7(4-5)10(12)13;8-5-2-1-4(7(10)11)3-6(5)9(12)13;1-10-7(9)6-4-2-3-5-8-6/h6-7,9,12H,3-5,8H2,1-2H3;5-6,8,13H,2-4,7,9H2,1H3;4-5,7,12H,1-3,6,8H2,(H,17,18);1-2,4-5H,3,6-7H2;2-3,8,13H,4-7H2,1H3;2-4H,1H3;1-3H,(H,10,11);6,8H,2-5H2,1H3. The van der Waals surface area contributed by atoms with Crippen molar-refractivity contribution in [2.75, 3.05) is 119 Å². The van der Waals surface area contributed by atoms with Crippen LogP contribution in [-0.4, -0.2) is 219 Å². The Hall–Kier alpha value is -12.7. The van der Waals surface area contributed by atoms with Crippen molar-refractivity contribution in [3.63, 3.8) is 0 Å². The molecule has 0 bridgehead atoms. The first-order valence-electron chi connectivity index (χ1n) is 40.4. The number of alkyl halides is 1. The number of aryl methyl sites for hydroxylation is 1. The van der Waals surface area contributed by atoms with Gasteiger partial charge in [0.15, 0.2) is 11.6 Å². The molecule has 5 saturated heterocycles. The minimum Gasteiger partial charge on any atom is -0.478 e. The number of anilines is 4. The number of ketones is 2. The number of hydrogen-bond donors (Lipinski definition) is 4. The van der Waals surface area contributed by atoms with E-state index in [-0.39, 0.29) is 81.4 Å². The lowest BCUT2D eigenvalue weighted by Crippen LogP contribution is -2.48. The summed E-state index contributed by atoms with van der Waals surface area (Å²) in [7, 11) is 6.44. The number of ether oxygens (including phenoxy) is 5. The van der Waals surface area contributed by atoms with Gasteiger partial charge in [-0.3, -0.25) is 59.2 Å². The summed E-state index contributed by atoms with van der Waals surface area (Å²) in [4.78, 5) is 165. The highest BCUT2D eigenvalue weighted by Crippen LogP contribution is 2.38. The second-order valence-corrected chi connectivity index (χ2v) is 30.8. The number of nitro groups is 3. The van der Waals surface area contributed by atoms with Crippen molar-refractivity contribution in [1.82, 2.24) is 15.5 Å². The van der Waals surface area contributed by atoms with E-state index < -0.39 is 73.7 Å². The molecule has 0 aliphatic carbocycles. The Bertz CT molecular complexity index is 5130. The lowest BCUT2D eigenvalue weighted by molar-refractivity contribution is -0.387. The molecule has 672 valence electrons. The summed E-state index contributed by atoms with van der Waals surface area (Å²) in [5, 5.41) is 57.3. The Morgan fingerprint density at radius 2 is 0.913 bits per heavy atom. The number of amides is 2. The third-order valence-electron chi connectivity index (χ3n) is 21.6. The van der Waals surface area contributed by atoms with Gasteiger partial charge in [0.1, 0.15) is 17.8 Å². The summed E-state index contributed by atoms with van der Waals surface area (Å²) in [6.07, 6.45) is 13.4. The minimum absolute atomic E-state index is 0.0157. The highest BCUT2D eigenvalue weighted by molar-refractivity contribution is 9.09. The molecule has 34 nitrogen and oxygen atoms in total. The largest absolute Gasteiger partial charge is 0.478 e. The molecule has 2 amide bonds. The van der Waals surface area contributed by atoms with Gasteiger partial charge in [0, 0.05) is 111 Å². The molecule has 8 aliphatic rings. The quantitative estimate of drug-likeness (QED) is 0.0185. The van der Waals surface area contributed by atoms with Crippen LogP contribution in [0.4, 0.5) is 48.6 Å². The van der Waals surface area contributed by atoms with Crippen LogP contribution in [0.15, 0.2) is 133 Å². The van der Waals surface area contributed by atoms with Gasteiger partial charge in [-0.1, -0.05) is 52.2 Å². The molecule has 8 aliphatic heterocycles. The number of carboxylic acid groups (broad SMARTS) is 2. The maximum Gasteiger partial charge on any atom is 0.338 e. The number of halogens is 4. The number of carboxylic acids is 2. The van der Waals surface area contributed by atoms with Crippen LogP contribution in [-0.2, 0) is 55.7 Å². The first kappa shape index (κ1) is 98.7. The molecule has 4 atom stereocenters. The number of imide groups is 1. The molecule has 7 aromatic carbocycles. The number of methoxy groups -OCH3 is 5. The molecule has 7 aromatic rings. The van der Waals surface area contributed by atoms with E-state index >= 15 is 0 Å². The van der Waals surface area contributed by atoms with Crippen LogP contribution >= 0.6 is 27.5 Å². The summed E-state index contributed by atoms with van der Waals surface area (Å²) >= 11 is 9.28. The number of carbonyl (C=O) groups is 11. The van der Waals surface area contributed by atoms with Crippen LogP contribution in [0.1, 0.15) is 173 Å². The molecule has 15 rings (SSSR count). The molecule has 0 saturated carbocycles. The molecule has 4 unspecified atom stereocenters. The number of aromatic carboxylic acids is 2. The van der Waals surface area contributed by atoms with Crippen molar-refractivity contribution in [3.05, 3.63) is 236 Å². The maximum atomic E-state index is 12.8. The second kappa shape index (κ2) is 47.9. The molecule has 0 aromatic heterocycles. The highest BCUT2D eigenvalue weighted by Gasteiger charge is 2.39. The van der Waals surface area contributed by atoms with E-state index in [4.69, 9.17) is 31.3 Å². The average Bonchev–Trinajstić information content (AvgIpc) is 1.42. The number of rotatable bonds is 15. The van der Waals surface area contributed by atoms with Gasteiger partial charge >= 0.3 is 53.2 Å². The number of nitrogens with zero attached hydrogens (tertiary/aromatic N) is 8. The lowest BCUT2D eigenvalue weighted by Gasteiger charge is -2.41. The molecule has 0 radical (unpaired) electrons. The Labute approximate surface area is 737 Å². The molecule has 5 fully saturated rings. The van der Waals surface area contributed by atoms with E-state index in [1.54, 1.807) is 53.4 Å². The van der Waals surface area contributed by atoms with Crippen LogP contribution in [0.2, 0.25) is 5.02 Å². The molecule has 126 heavy (non-hydrogen) atoms. The number of piperidine rings is 4. The van der Waals surface area contributed by atoms with E-state index in [1.807, 2.05) is 18.2 Å². The van der Waals surface area contributed by atoms with Crippen LogP contribution in [0.3, 0.4) is 0 Å². The number of nitrogens with one attached hydrogen (secondary N) is 2. The summed E-state index contributed by atoms with van der Waals surface area (Å²) in [5.74, 6) is -6.43. The predicted molar refractivity (Wildman–Crippen MR) is 464 cm³/mol. The molecular formula is C88H98BrClF2N10O24. The summed E-state index contributed by atoms with van der Waals surface area (Å²) < 4.78 is 48.5. The first-order chi connectivity index (χ1) is 60.3. The van der Waals surface area contributed by atoms with Gasteiger partial charge in [-0.05, 0) is 204 Å². The van der Waals surface area contributed by atoms with Crippen LogP contribution in [0.5, 0.6) is 0 Å². The number of Topliss-reactive ketones (excluding diaryl/α,β-unsaturated/α-hetero) is 2. The van der Waals surface area contributed by atoms with Gasteiger partial charge in [0.05, 0.1) is 101 Å². The minimum atomic E-state index is -1.33. The summed E-state index contributed by atoms with van der Waals surface area (Å²) in [5.41, 5.74) is 6.59. The third-order valence-corrected chi connectivity index (χ3v) is 22.4. The predicted octanol–water partition coefficient (Wildman–Crippen LogP) is 13.1. The van der Waals surface area contributed by atoms with Crippen molar-refractivity contribution >= 4 is 133 Å². The normalized spacial score (nSPS) is 17.4. The number of esters is 5. The Kier molecular flexibility index (Phi) is 37.5. The van der Waals surface area contributed by atoms with Crippen molar-refractivity contribution in [2.24, 2.45) is 0 Å². The monoisotopic (exact) mass is 1830 g/mol. The van der Waals surface area contributed by atoms with Gasteiger partial charge in [0.2, 0.25) is 11.6 Å². The molecule has 4 N–H and O–H groups in total. The van der Waals surface area contributed by atoms with Gasteiger partial charge in [-0.2, -0.15) is 8.78 Å². The van der Waals surface area contributed by atoms with E-state index in [0.29, 0.717) is 60.8 Å². The van der Waals surface area contributed by atoms with E-state index in [9.17, 15) is 91.9 Å². The van der Waals surface area contributed by atoms with Crippen molar-refractivity contribution < 1.29 is 110 Å². The number of piperazine rings is 1. The number of nitro benzene ring substituents is 3. The number of fused-ring (bicyclic) bond motifs is 7. The molecule has 0 spiro atoms. The molecular weight excluding hydrogens is 1730 g/mol. The van der Waals surface area contributed by atoms with Crippen molar-refractivity contribution in [2.45, 2.75) is 127 Å².